The number of hydrogen-bond donors (Lipinski definition) is 1. The number of rotatable bonds is 3. The van der Waals surface area contributed by atoms with Crippen molar-refractivity contribution < 1.29 is 13.6 Å². The first-order valence-corrected chi connectivity index (χ1v) is 6.13. The molecule has 1 amide bonds. The highest BCUT2D eigenvalue weighted by atomic mass is 19.1. The molecule has 1 saturated heterocycles. The highest BCUT2D eigenvalue weighted by Gasteiger charge is 2.30. The molecule has 0 spiro atoms. The van der Waals surface area contributed by atoms with Gasteiger partial charge in [-0.1, -0.05) is 6.92 Å². The van der Waals surface area contributed by atoms with Crippen molar-refractivity contribution in [2.45, 2.75) is 25.8 Å². The molecule has 1 aliphatic rings. The van der Waals surface area contributed by atoms with Gasteiger partial charge in [0, 0.05) is 12.6 Å². The first-order valence-electron chi connectivity index (χ1n) is 6.13. The van der Waals surface area contributed by atoms with Gasteiger partial charge in [-0.05, 0) is 31.5 Å². The molecule has 1 aliphatic heterocycles. The summed E-state index contributed by atoms with van der Waals surface area (Å²) in [5.41, 5.74) is 0.0302. The van der Waals surface area contributed by atoms with Crippen LogP contribution in [-0.2, 0) is 4.79 Å². The fourth-order valence-electron chi connectivity index (χ4n) is 2.24. The topological polar surface area (TPSA) is 32.3 Å². The highest BCUT2D eigenvalue weighted by Crippen LogP contribution is 2.25. The highest BCUT2D eigenvalue weighted by molar-refractivity contribution is 5.98. The second kappa shape index (κ2) is 5.44. The van der Waals surface area contributed by atoms with Crippen molar-refractivity contribution in [2.24, 2.45) is 0 Å². The van der Waals surface area contributed by atoms with Crippen molar-refractivity contribution in [2.75, 3.05) is 18.0 Å². The molecule has 1 aromatic carbocycles. The van der Waals surface area contributed by atoms with E-state index in [1.54, 1.807) is 0 Å². The zero-order valence-corrected chi connectivity index (χ0v) is 10.2. The van der Waals surface area contributed by atoms with E-state index in [1.165, 1.54) is 4.90 Å². The van der Waals surface area contributed by atoms with Crippen molar-refractivity contribution >= 4 is 11.6 Å². The number of hydrogen-bond acceptors (Lipinski definition) is 2. The smallest absolute Gasteiger partial charge is 0.244 e. The van der Waals surface area contributed by atoms with Crippen LogP contribution < -0.4 is 10.2 Å². The zero-order chi connectivity index (χ0) is 13.1. The zero-order valence-electron chi connectivity index (χ0n) is 10.2. The SMILES string of the molecule is CCNC1CCCN(c2cc(F)ccc2F)C1=O. The fraction of sp³-hybridized carbons (Fsp3) is 0.462. The Kier molecular flexibility index (Phi) is 3.91. The Morgan fingerprint density at radius 3 is 2.94 bits per heavy atom. The van der Waals surface area contributed by atoms with E-state index >= 15 is 0 Å². The Balaban J connectivity index is 2.26. The van der Waals surface area contributed by atoms with Crippen LogP contribution in [0.15, 0.2) is 18.2 Å². The summed E-state index contributed by atoms with van der Waals surface area (Å²) in [5, 5.41) is 3.06. The van der Waals surface area contributed by atoms with Crippen molar-refractivity contribution in [1.29, 1.82) is 0 Å². The van der Waals surface area contributed by atoms with Gasteiger partial charge in [0.1, 0.15) is 11.6 Å². The van der Waals surface area contributed by atoms with Crippen LogP contribution in [0.3, 0.4) is 0 Å². The van der Waals surface area contributed by atoms with Gasteiger partial charge < -0.3 is 10.2 Å². The lowest BCUT2D eigenvalue weighted by Gasteiger charge is -2.32. The molecule has 1 unspecified atom stereocenters. The molecule has 98 valence electrons. The largest absolute Gasteiger partial charge is 0.308 e. The molecular weight excluding hydrogens is 238 g/mol. The van der Waals surface area contributed by atoms with Crippen LogP contribution in [0.4, 0.5) is 14.5 Å². The molecule has 1 heterocycles. The lowest BCUT2D eigenvalue weighted by Crippen LogP contribution is -2.51. The van der Waals surface area contributed by atoms with E-state index in [1.807, 2.05) is 6.92 Å². The monoisotopic (exact) mass is 254 g/mol. The van der Waals surface area contributed by atoms with Crippen LogP contribution in [0, 0.1) is 11.6 Å². The maximum atomic E-state index is 13.7. The minimum absolute atomic E-state index is 0.0302. The molecule has 18 heavy (non-hydrogen) atoms. The molecule has 2 rings (SSSR count). The second-order valence-electron chi connectivity index (χ2n) is 4.34. The minimum Gasteiger partial charge on any atom is -0.308 e. The van der Waals surface area contributed by atoms with Crippen LogP contribution in [0.25, 0.3) is 0 Å². The summed E-state index contributed by atoms with van der Waals surface area (Å²) >= 11 is 0. The molecular formula is C13H16F2N2O. The summed E-state index contributed by atoms with van der Waals surface area (Å²) < 4.78 is 26.8. The average molecular weight is 254 g/mol. The summed E-state index contributed by atoms with van der Waals surface area (Å²) in [5.74, 6) is -1.29. The van der Waals surface area contributed by atoms with Gasteiger partial charge in [-0.3, -0.25) is 4.79 Å². The maximum Gasteiger partial charge on any atom is 0.244 e. The lowest BCUT2D eigenvalue weighted by atomic mass is 10.0. The van der Waals surface area contributed by atoms with E-state index in [4.69, 9.17) is 0 Å². The Morgan fingerprint density at radius 2 is 2.22 bits per heavy atom. The van der Waals surface area contributed by atoms with E-state index in [2.05, 4.69) is 5.32 Å². The molecule has 0 saturated carbocycles. The third-order valence-electron chi connectivity index (χ3n) is 3.09. The van der Waals surface area contributed by atoms with E-state index in [9.17, 15) is 13.6 Å². The minimum atomic E-state index is -0.568. The predicted molar refractivity (Wildman–Crippen MR) is 65.4 cm³/mol. The van der Waals surface area contributed by atoms with Gasteiger partial charge in [0.2, 0.25) is 5.91 Å². The van der Waals surface area contributed by atoms with Crippen molar-refractivity contribution in [3.63, 3.8) is 0 Å². The van der Waals surface area contributed by atoms with E-state index in [0.717, 1.165) is 31.0 Å². The van der Waals surface area contributed by atoms with Crippen molar-refractivity contribution in [1.82, 2.24) is 5.32 Å². The Morgan fingerprint density at radius 1 is 1.44 bits per heavy atom. The summed E-state index contributed by atoms with van der Waals surface area (Å²) in [6.45, 7) is 3.02. The molecule has 0 aliphatic carbocycles. The number of carbonyl (C=O) groups is 1. The molecule has 0 aromatic heterocycles. The van der Waals surface area contributed by atoms with Gasteiger partial charge in [-0.25, -0.2) is 8.78 Å². The lowest BCUT2D eigenvalue weighted by molar-refractivity contribution is -0.121. The number of likely N-dealkylation sites (N-methyl/N-ethyl adjacent to an activating group) is 1. The first kappa shape index (κ1) is 13.0. The number of benzene rings is 1. The predicted octanol–water partition coefficient (Wildman–Crippen LogP) is 2.07. The first-order chi connectivity index (χ1) is 8.63. The van der Waals surface area contributed by atoms with Crippen LogP contribution in [-0.4, -0.2) is 25.0 Å². The Bertz CT molecular complexity index is 449. The number of piperidine rings is 1. The van der Waals surface area contributed by atoms with E-state index in [0.29, 0.717) is 13.1 Å². The number of carbonyl (C=O) groups excluding carboxylic acids is 1. The van der Waals surface area contributed by atoms with E-state index in [-0.39, 0.29) is 17.6 Å². The van der Waals surface area contributed by atoms with Crippen LogP contribution >= 0.6 is 0 Å². The molecule has 5 heteroatoms. The van der Waals surface area contributed by atoms with Gasteiger partial charge in [0.25, 0.3) is 0 Å². The maximum absolute atomic E-state index is 13.7. The molecule has 3 nitrogen and oxygen atoms in total. The van der Waals surface area contributed by atoms with Crippen LogP contribution in [0.1, 0.15) is 19.8 Å². The second-order valence-corrected chi connectivity index (χ2v) is 4.34. The van der Waals surface area contributed by atoms with Gasteiger partial charge in [0.15, 0.2) is 0 Å². The molecule has 0 radical (unpaired) electrons. The molecule has 1 aromatic rings. The molecule has 1 fully saturated rings. The third-order valence-corrected chi connectivity index (χ3v) is 3.09. The van der Waals surface area contributed by atoms with Crippen LogP contribution in [0.5, 0.6) is 0 Å². The standard InChI is InChI=1S/C13H16F2N2O/c1-2-16-11-4-3-7-17(13(11)18)12-8-9(14)5-6-10(12)15/h5-6,8,11,16H,2-4,7H2,1H3. The number of nitrogens with zero attached hydrogens (tertiary/aromatic N) is 1. The van der Waals surface area contributed by atoms with Gasteiger partial charge >= 0.3 is 0 Å². The Labute approximate surface area is 105 Å². The average Bonchev–Trinajstić information content (AvgIpc) is 2.35. The number of nitrogens with one attached hydrogen (secondary N) is 1. The van der Waals surface area contributed by atoms with Crippen molar-refractivity contribution in [3.8, 4) is 0 Å². The number of anilines is 1. The molecule has 0 bridgehead atoms. The van der Waals surface area contributed by atoms with Gasteiger partial charge in [0.05, 0.1) is 11.7 Å². The van der Waals surface area contributed by atoms with Gasteiger partial charge in [-0.15, -0.1) is 0 Å². The van der Waals surface area contributed by atoms with Gasteiger partial charge in [-0.2, -0.15) is 0 Å². The van der Waals surface area contributed by atoms with E-state index < -0.39 is 11.6 Å². The Hall–Kier alpha value is -1.49. The molecule has 1 atom stereocenters. The normalized spacial score (nSPS) is 20.3. The summed E-state index contributed by atoms with van der Waals surface area (Å²) in [6.07, 6.45) is 1.51. The summed E-state index contributed by atoms with van der Waals surface area (Å²) in [7, 11) is 0. The van der Waals surface area contributed by atoms with Crippen LogP contribution in [0.2, 0.25) is 0 Å². The summed E-state index contributed by atoms with van der Waals surface area (Å²) in [4.78, 5) is 13.5. The molecule has 1 N–H and O–H groups in total. The number of amides is 1. The number of halogens is 2. The summed E-state index contributed by atoms with van der Waals surface area (Å²) in [6, 6.07) is 2.87. The quantitative estimate of drug-likeness (QED) is 0.895. The van der Waals surface area contributed by atoms with Crippen molar-refractivity contribution in [3.05, 3.63) is 29.8 Å². The third kappa shape index (κ3) is 2.51. The fourth-order valence-corrected chi connectivity index (χ4v) is 2.24.